The van der Waals surface area contributed by atoms with Gasteiger partial charge in [-0.2, -0.15) is 0 Å². The molecule has 2 aromatic carbocycles. The van der Waals surface area contributed by atoms with E-state index in [1.54, 1.807) is 0 Å². The molecule has 0 unspecified atom stereocenters. The lowest BCUT2D eigenvalue weighted by atomic mass is 9.79. The highest BCUT2D eigenvalue weighted by Crippen LogP contribution is 2.36. The number of carbonyl (C=O) groups excluding carboxylic acids is 1. The zero-order valence-corrected chi connectivity index (χ0v) is 17.3. The minimum absolute atomic E-state index is 0.215. The highest BCUT2D eigenvalue weighted by Gasteiger charge is 2.51. The normalized spacial score (nSPS) is 16.6. The third-order valence-corrected chi connectivity index (χ3v) is 5.20. The monoisotopic (exact) mass is 391 g/mol. The van der Waals surface area contributed by atoms with Gasteiger partial charge in [-0.3, -0.25) is 0 Å². The Labute approximate surface area is 172 Å². The first kappa shape index (κ1) is 21.0. The van der Waals surface area contributed by atoms with Crippen LogP contribution in [0.1, 0.15) is 38.8 Å². The highest BCUT2D eigenvalue weighted by molar-refractivity contribution is 6.62. The van der Waals surface area contributed by atoms with Crippen LogP contribution in [0.4, 0.5) is 4.79 Å². The number of ether oxygens (including phenoxy) is 1. The molecule has 0 aromatic heterocycles. The van der Waals surface area contributed by atoms with Gasteiger partial charge in [0.05, 0.1) is 17.7 Å². The van der Waals surface area contributed by atoms with Crippen molar-refractivity contribution in [2.45, 2.75) is 45.5 Å². The van der Waals surface area contributed by atoms with Crippen LogP contribution in [-0.2, 0) is 20.7 Å². The van der Waals surface area contributed by atoms with Gasteiger partial charge in [0.15, 0.2) is 0 Å². The van der Waals surface area contributed by atoms with Crippen molar-refractivity contribution in [3.05, 3.63) is 65.7 Å². The van der Waals surface area contributed by atoms with Crippen molar-refractivity contribution >= 4 is 18.7 Å². The zero-order chi connectivity index (χ0) is 20.9. The van der Waals surface area contributed by atoms with Gasteiger partial charge in [-0.1, -0.05) is 54.3 Å². The van der Waals surface area contributed by atoms with Crippen molar-refractivity contribution in [3.8, 4) is 11.8 Å². The molecule has 0 radical (unpaired) electrons. The molecule has 1 heterocycles. The molecule has 2 aromatic rings. The molecule has 150 valence electrons. The molecule has 1 N–H and O–H groups in total. The summed E-state index contributed by atoms with van der Waals surface area (Å²) in [5.41, 5.74) is 2.02. The van der Waals surface area contributed by atoms with E-state index in [-0.39, 0.29) is 31.5 Å². The summed E-state index contributed by atoms with van der Waals surface area (Å²) in [6.45, 7) is 8.58. The Morgan fingerprint density at radius 1 is 1.00 bits per heavy atom. The number of nitrogens with one attached hydrogen (secondary N) is 1. The fourth-order valence-electron chi connectivity index (χ4n) is 2.74. The molecule has 5 nitrogen and oxygen atoms in total. The van der Waals surface area contributed by atoms with Crippen LogP contribution in [0.25, 0.3) is 0 Å². The molecule has 29 heavy (non-hydrogen) atoms. The third-order valence-electron chi connectivity index (χ3n) is 5.20. The quantitative estimate of drug-likeness (QED) is 0.642. The number of alkyl carbamates (subject to hydrolysis) is 1. The second-order valence-electron chi connectivity index (χ2n) is 7.93. The lowest BCUT2D eigenvalue weighted by Gasteiger charge is -2.32. The van der Waals surface area contributed by atoms with Crippen LogP contribution in [0.15, 0.2) is 54.6 Å². The second-order valence-corrected chi connectivity index (χ2v) is 7.93. The van der Waals surface area contributed by atoms with Gasteiger partial charge in [-0.05, 0) is 50.9 Å². The van der Waals surface area contributed by atoms with E-state index in [2.05, 4.69) is 17.2 Å². The smallest absolute Gasteiger partial charge is 0.445 e. The maximum absolute atomic E-state index is 11.7. The number of rotatable bonds is 4. The number of benzene rings is 2. The SMILES string of the molecule is CC1(C)OB(c2ccc(C#CCNC(=O)OCc3ccccc3)cc2)OC1(C)C. The molecule has 0 spiro atoms. The van der Waals surface area contributed by atoms with Crippen molar-refractivity contribution in [3.63, 3.8) is 0 Å². The highest BCUT2D eigenvalue weighted by atomic mass is 16.7. The van der Waals surface area contributed by atoms with Gasteiger partial charge in [0.25, 0.3) is 0 Å². The lowest BCUT2D eigenvalue weighted by molar-refractivity contribution is 0.00578. The summed E-state index contributed by atoms with van der Waals surface area (Å²) < 4.78 is 17.2. The van der Waals surface area contributed by atoms with Crippen molar-refractivity contribution in [1.82, 2.24) is 5.32 Å². The van der Waals surface area contributed by atoms with Gasteiger partial charge in [-0.25, -0.2) is 4.79 Å². The van der Waals surface area contributed by atoms with E-state index in [0.29, 0.717) is 0 Å². The van der Waals surface area contributed by atoms with Crippen LogP contribution in [0.3, 0.4) is 0 Å². The lowest BCUT2D eigenvalue weighted by Crippen LogP contribution is -2.41. The summed E-state index contributed by atoms with van der Waals surface area (Å²) in [5, 5.41) is 2.62. The van der Waals surface area contributed by atoms with E-state index < -0.39 is 6.09 Å². The van der Waals surface area contributed by atoms with Crippen LogP contribution < -0.4 is 10.8 Å². The van der Waals surface area contributed by atoms with Gasteiger partial charge < -0.3 is 19.4 Å². The summed E-state index contributed by atoms with van der Waals surface area (Å²) in [4.78, 5) is 11.7. The third kappa shape index (κ3) is 5.41. The number of carbonyl (C=O) groups is 1. The van der Waals surface area contributed by atoms with E-state index in [0.717, 1.165) is 16.6 Å². The Morgan fingerprint density at radius 3 is 2.24 bits per heavy atom. The molecule has 1 fully saturated rings. The fraction of sp³-hybridized carbons (Fsp3) is 0.348. The predicted octanol–water partition coefficient (Wildman–Crippen LogP) is 3.26. The largest absolute Gasteiger partial charge is 0.494 e. The molecule has 0 bridgehead atoms. The van der Waals surface area contributed by atoms with Crippen molar-refractivity contribution in [2.75, 3.05) is 6.54 Å². The Bertz CT molecular complexity index is 882. The minimum atomic E-state index is -0.487. The van der Waals surface area contributed by atoms with E-state index in [1.807, 2.05) is 82.3 Å². The minimum Gasteiger partial charge on any atom is -0.445 e. The summed E-state index contributed by atoms with van der Waals surface area (Å²) in [7, 11) is -0.386. The van der Waals surface area contributed by atoms with Crippen LogP contribution in [0, 0.1) is 11.8 Å². The summed E-state index contributed by atoms with van der Waals surface area (Å²) in [6.07, 6.45) is -0.487. The standard InChI is InChI=1S/C23H26BNO4/c1-22(2)23(3,4)29-24(28-22)20-14-12-18(13-15-20)11-8-16-25-21(26)27-17-19-9-6-5-7-10-19/h5-7,9-10,12-15H,16-17H2,1-4H3,(H,25,26). The maximum Gasteiger partial charge on any atom is 0.494 e. The first-order chi connectivity index (χ1) is 13.8. The van der Waals surface area contributed by atoms with Crippen LogP contribution in [0.2, 0.25) is 0 Å². The average molecular weight is 391 g/mol. The Morgan fingerprint density at radius 2 is 1.62 bits per heavy atom. The Kier molecular flexibility index (Phi) is 6.31. The van der Waals surface area contributed by atoms with Crippen LogP contribution in [-0.4, -0.2) is 31.0 Å². The predicted molar refractivity (Wildman–Crippen MR) is 114 cm³/mol. The summed E-state index contributed by atoms with van der Waals surface area (Å²) in [6, 6.07) is 17.3. The van der Waals surface area contributed by atoms with E-state index >= 15 is 0 Å². The van der Waals surface area contributed by atoms with Gasteiger partial charge in [-0.15, -0.1) is 0 Å². The maximum atomic E-state index is 11.7. The molecule has 1 amide bonds. The first-order valence-electron chi connectivity index (χ1n) is 9.66. The molecule has 1 aliphatic heterocycles. The van der Waals surface area contributed by atoms with Crippen molar-refractivity contribution in [1.29, 1.82) is 0 Å². The topological polar surface area (TPSA) is 56.8 Å². The van der Waals surface area contributed by atoms with Crippen LogP contribution >= 0.6 is 0 Å². The fourth-order valence-corrected chi connectivity index (χ4v) is 2.74. The van der Waals surface area contributed by atoms with E-state index in [4.69, 9.17) is 14.0 Å². The molecule has 6 heteroatoms. The number of amides is 1. The number of hydrogen-bond donors (Lipinski definition) is 1. The van der Waals surface area contributed by atoms with Crippen molar-refractivity contribution < 1.29 is 18.8 Å². The number of hydrogen-bond acceptors (Lipinski definition) is 4. The Hall–Kier alpha value is -2.75. The Balaban J connectivity index is 1.46. The molecule has 0 saturated carbocycles. The molecule has 3 rings (SSSR count). The summed E-state index contributed by atoms with van der Waals surface area (Å²) >= 11 is 0. The molecule has 0 atom stereocenters. The second kappa shape index (κ2) is 8.73. The average Bonchev–Trinajstić information content (AvgIpc) is 2.92. The van der Waals surface area contributed by atoms with Gasteiger partial charge in [0.1, 0.15) is 6.61 Å². The zero-order valence-electron chi connectivity index (χ0n) is 17.3. The van der Waals surface area contributed by atoms with Gasteiger partial charge in [0.2, 0.25) is 0 Å². The van der Waals surface area contributed by atoms with E-state index in [9.17, 15) is 4.79 Å². The molecule has 1 saturated heterocycles. The summed E-state index contributed by atoms with van der Waals surface area (Å²) in [5.74, 6) is 5.94. The van der Waals surface area contributed by atoms with Crippen LogP contribution in [0.5, 0.6) is 0 Å². The van der Waals surface area contributed by atoms with Gasteiger partial charge in [0, 0.05) is 5.56 Å². The molecule has 1 aliphatic rings. The van der Waals surface area contributed by atoms with Gasteiger partial charge >= 0.3 is 13.2 Å². The molecular formula is C23H26BNO4. The van der Waals surface area contributed by atoms with Crippen molar-refractivity contribution in [2.24, 2.45) is 0 Å². The molecular weight excluding hydrogens is 365 g/mol. The van der Waals surface area contributed by atoms with E-state index in [1.165, 1.54) is 0 Å². The first-order valence-corrected chi connectivity index (χ1v) is 9.66. The molecule has 0 aliphatic carbocycles.